The number of alkyl carbamates (subject to hydrolysis) is 1. The fourth-order valence-corrected chi connectivity index (χ4v) is 3.71. The minimum Gasteiger partial charge on any atom is -0.449 e. The molecular formula is C26H20N2O3. The molecule has 0 saturated heterocycles. The maximum atomic E-state index is 12.1. The van der Waals surface area contributed by atoms with Gasteiger partial charge in [-0.2, -0.15) is 4.99 Å². The van der Waals surface area contributed by atoms with Crippen LogP contribution in [0.4, 0.5) is 10.5 Å². The molecule has 0 radical (unpaired) electrons. The number of rotatable bonds is 5. The van der Waals surface area contributed by atoms with Crippen molar-refractivity contribution in [3.05, 3.63) is 89.5 Å². The topological polar surface area (TPSA) is 67.8 Å². The Morgan fingerprint density at radius 1 is 0.935 bits per heavy atom. The summed E-state index contributed by atoms with van der Waals surface area (Å²) in [6.07, 6.45) is 1.55. The first-order chi connectivity index (χ1) is 15.3. The molecule has 3 aromatic carbocycles. The van der Waals surface area contributed by atoms with E-state index in [0.29, 0.717) is 25.3 Å². The number of fused-ring (bicyclic) bond motifs is 3. The summed E-state index contributed by atoms with van der Waals surface area (Å²) in [7, 11) is 0. The highest BCUT2D eigenvalue weighted by Gasteiger charge is 2.28. The van der Waals surface area contributed by atoms with Gasteiger partial charge in [0.15, 0.2) is 0 Å². The largest absolute Gasteiger partial charge is 0.449 e. The Morgan fingerprint density at radius 3 is 2.23 bits per heavy atom. The molecule has 0 fully saturated rings. The van der Waals surface area contributed by atoms with E-state index in [2.05, 4.69) is 46.4 Å². The fourth-order valence-electron chi connectivity index (χ4n) is 3.71. The minimum absolute atomic E-state index is 0.0458. The highest BCUT2D eigenvalue weighted by Crippen LogP contribution is 2.44. The van der Waals surface area contributed by atoms with E-state index in [1.54, 1.807) is 24.3 Å². The smallest absolute Gasteiger partial charge is 0.407 e. The summed E-state index contributed by atoms with van der Waals surface area (Å²) in [6.45, 7) is 0.693. The molecule has 1 aliphatic rings. The lowest BCUT2D eigenvalue weighted by Crippen LogP contribution is -2.26. The van der Waals surface area contributed by atoms with Crippen molar-refractivity contribution >= 4 is 17.9 Å². The van der Waals surface area contributed by atoms with Crippen molar-refractivity contribution in [1.82, 2.24) is 5.32 Å². The summed E-state index contributed by atoms with van der Waals surface area (Å²) in [4.78, 5) is 25.9. The molecule has 152 valence electrons. The Labute approximate surface area is 180 Å². The predicted molar refractivity (Wildman–Crippen MR) is 119 cm³/mol. The molecule has 1 N–H and O–H groups in total. The number of isocyanates is 1. The third kappa shape index (κ3) is 4.72. The molecule has 1 aliphatic carbocycles. The SMILES string of the molecule is O=C=Nc1ccc(C#CCCNC(=O)OCC2c3ccccc3-c3ccccc32)cc1. The van der Waals surface area contributed by atoms with Gasteiger partial charge in [0.25, 0.3) is 0 Å². The monoisotopic (exact) mass is 408 g/mol. The molecule has 0 unspecified atom stereocenters. The average molecular weight is 408 g/mol. The molecule has 0 aliphatic heterocycles. The molecule has 0 heterocycles. The van der Waals surface area contributed by atoms with Crippen LogP contribution >= 0.6 is 0 Å². The van der Waals surface area contributed by atoms with Crippen LogP contribution in [0.2, 0.25) is 0 Å². The second kappa shape index (κ2) is 9.58. The van der Waals surface area contributed by atoms with Crippen molar-refractivity contribution in [3.8, 4) is 23.0 Å². The van der Waals surface area contributed by atoms with Gasteiger partial charge >= 0.3 is 6.09 Å². The summed E-state index contributed by atoms with van der Waals surface area (Å²) in [5.74, 6) is 6.05. The van der Waals surface area contributed by atoms with Gasteiger partial charge in [0, 0.05) is 24.4 Å². The molecule has 0 bridgehead atoms. The van der Waals surface area contributed by atoms with E-state index in [0.717, 1.165) is 5.56 Å². The normalized spacial score (nSPS) is 11.4. The van der Waals surface area contributed by atoms with E-state index >= 15 is 0 Å². The number of amides is 1. The van der Waals surface area contributed by atoms with E-state index in [-0.39, 0.29) is 5.92 Å². The van der Waals surface area contributed by atoms with Crippen molar-refractivity contribution in [1.29, 1.82) is 0 Å². The molecule has 1 amide bonds. The number of hydrogen-bond donors (Lipinski definition) is 1. The van der Waals surface area contributed by atoms with Crippen molar-refractivity contribution < 1.29 is 14.3 Å². The average Bonchev–Trinajstić information content (AvgIpc) is 3.12. The zero-order valence-electron chi connectivity index (χ0n) is 16.8. The number of ether oxygens (including phenoxy) is 1. The summed E-state index contributed by atoms with van der Waals surface area (Å²) in [6, 6.07) is 23.4. The molecule has 3 aromatic rings. The van der Waals surface area contributed by atoms with Gasteiger partial charge < -0.3 is 10.1 Å². The van der Waals surface area contributed by atoms with Crippen LogP contribution in [0.1, 0.15) is 29.0 Å². The Hall–Kier alpha value is -4.13. The first-order valence-corrected chi connectivity index (χ1v) is 10.0. The number of carbonyl (C=O) groups excluding carboxylic acids is 2. The summed E-state index contributed by atoms with van der Waals surface area (Å²) >= 11 is 0. The predicted octanol–water partition coefficient (Wildman–Crippen LogP) is 4.93. The van der Waals surface area contributed by atoms with Gasteiger partial charge in [0.05, 0.1) is 5.69 Å². The maximum Gasteiger partial charge on any atom is 0.407 e. The Bertz CT molecular complexity index is 1150. The van der Waals surface area contributed by atoms with E-state index < -0.39 is 6.09 Å². The van der Waals surface area contributed by atoms with Crippen molar-refractivity contribution in [2.24, 2.45) is 4.99 Å². The third-order valence-corrected chi connectivity index (χ3v) is 5.14. The first kappa shape index (κ1) is 20.2. The molecule has 0 atom stereocenters. The second-order valence-corrected chi connectivity index (χ2v) is 7.05. The standard InChI is InChI=1S/C26H20N2O3/c29-18-28-20-14-12-19(13-15-20)7-5-6-16-27-26(30)31-17-25-23-10-3-1-8-21(23)22-9-2-4-11-24(22)25/h1-4,8-15,25H,6,16-17H2,(H,27,30). The lowest BCUT2D eigenvalue weighted by atomic mass is 9.98. The lowest BCUT2D eigenvalue weighted by molar-refractivity contribution is 0.143. The van der Waals surface area contributed by atoms with Crippen LogP contribution in [-0.2, 0) is 9.53 Å². The van der Waals surface area contributed by atoms with Crippen molar-refractivity contribution in [3.63, 3.8) is 0 Å². The highest BCUT2D eigenvalue weighted by atomic mass is 16.5. The third-order valence-electron chi connectivity index (χ3n) is 5.14. The number of hydrogen-bond acceptors (Lipinski definition) is 4. The number of nitrogens with zero attached hydrogens (tertiary/aromatic N) is 1. The Balaban J connectivity index is 1.27. The van der Waals surface area contributed by atoms with Gasteiger partial charge in [-0.15, -0.1) is 0 Å². The van der Waals surface area contributed by atoms with E-state index in [1.807, 2.05) is 24.3 Å². The Kier molecular flexibility index (Phi) is 6.23. The van der Waals surface area contributed by atoms with Crippen LogP contribution in [0.15, 0.2) is 77.8 Å². The molecule has 0 aromatic heterocycles. The highest BCUT2D eigenvalue weighted by molar-refractivity contribution is 5.79. The lowest BCUT2D eigenvalue weighted by Gasteiger charge is -2.14. The molecule has 4 rings (SSSR count). The first-order valence-electron chi connectivity index (χ1n) is 10.0. The van der Waals surface area contributed by atoms with E-state index in [4.69, 9.17) is 4.74 Å². The molecule has 31 heavy (non-hydrogen) atoms. The Morgan fingerprint density at radius 2 is 1.58 bits per heavy atom. The summed E-state index contributed by atoms with van der Waals surface area (Å²) < 4.78 is 5.50. The van der Waals surface area contributed by atoms with Crippen LogP contribution in [0, 0.1) is 11.8 Å². The number of aliphatic imine (C=N–C) groups is 1. The molecule has 0 spiro atoms. The van der Waals surface area contributed by atoms with Gasteiger partial charge in [-0.1, -0.05) is 60.4 Å². The van der Waals surface area contributed by atoms with E-state index in [1.165, 1.54) is 28.3 Å². The van der Waals surface area contributed by atoms with Crippen LogP contribution in [0.25, 0.3) is 11.1 Å². The van der Waals surface area contributed by atoms with Gasteiger partial charge in [-0.05, 0) is 46.5 Å². The second-order valence-electron chi connectivity index (χ2n) is 7.05. The minimum atomic E-state index is -0.445. The van der Waals surface area contributed by atoms with Gasteiger partial charge in [-0.25, -0.2) is 9.59 Å². The van der Waals surface area contributed by atoms with Gasteiger partial charge in [0.2, 0.25) is 6.08 Å². The molecule has 5 heteroatoms. The van der Waals surface area contributed by atoms with Crippen molar-refractivity contribution in [2.45, 2.75) is 12.3 Å². The zero-order valence-corrected chi connectivity index (χ0v) is 16.8. The molecule has 5 nitrogen and oxygen atoms in total. The van der Waals surface area contributed by atoms with Crippen molar-refractivity contribution in [2.75, 3.05) is 13.2 Å². The number of nitrogens with one attached hydrogen (secondary N) is 1. The summed E-state index contributed by atoms with van der Waals surface area (Å²) in [5, 5.41) is 2.75. The molecular weight excluding hydrogens is 388 g/mol. The van der Waals surface area contributed by atoms with Crippen LogP contribution in [-0.4, -0.2) is 25.3 Å². The van der Waals surface area contributed by atoms with Crippen LogP contribution < -0.4 is 5.32 Å². The number of benzene rings is 3. The van der Waals surface area contributed by atoms with Crippen LogP contribution in [0.3, 0.4) is 0 Å². The van der Waals surface area contributed by atoms with E-state index in [9.17, 15) is 9.59 Å². The van der Waals surface area contributed by atoms with Gasteiger partial charge in [-0.3, -0.25) is 0 Å². The van der Waals surface area contributed by atoms with Crippen LogP contribution in [0.5, 0.6) is 0 Å². The molecule has 0 saturated carbocycles. The maximum absolute atomic E-state index is 12.1. The fraction of sp³-hybridized carbons (Fsp3) is 0.154. The quantitative estimate of drug-likeness (QED) is 0.282. The number of carbonyl (C=O) groups is 1. The zero-order chi connectivity index (χ0) is 21.5. The van der Waals surface area contributed by atoms with Gasteiger partial charge in [0.1, 0.15) is 6.61 Å². The summed E-state index contributed by atoms with van der Waals surface area (Å²) in [5.41, 5.74) is 6.13.